The Morgan fingerprint density at radius 3 is 2.44 bits per heavy atom. The van der Waals surface area contributed by atoms with Gasteiger partial charge in [0, 0.05) is 44.8 Å². The van der Waals surface area contributed by atoms with Crippen molar-refractivity contribution in [3.8, 4) is 0 Å². The standard InChI is InChI=1S/C25H32N6O/c1-20-6-2-3-7-22(20)18-29-14-16-30(17-15-29)24(32)19-28-12-9-21(10-13-28)25-27-26-23-8-4-5-11-31(23)25/h2-8,11,21H,9-10,12-19H2,1H3. The predicted molar refractivity (Wildman–Crippen MR) is 124 cm³/mol. The Morgan fingerprint density at radius 1 is 0.906 bits per heavy atom. The van der Waals surface area contributed by atoms with Gasteiger partial charge in [0.2, 0.25) is 5.91 Å². The molecule has 7 nitrogen and oxygen atoms in total. The molecule has 2 fully saturated rings. The van der Waals surface area contributed by atoms with Crippen LogP contribution in [0.2, 0.25) is 0 Å². The molecule has 0 bridgehead atoms. The SMILES string of the molecule is Cc1ccccc1CN1CCN(C(=O)CN2CCC(c3nnc4ccccn34)CC2)CC1. The number of pyridine rings is 1. The summed E-state index contributed by atoms with van der Waals surface area (Å²) < 4.78 is 2.10. The summed E-state index contributed by atoms with van der Waals surface area (Å²) in [6.07, 6.45) is 4.08. The fraction of sp³-hybridized carbons (Fsp3) is 0.480. The summed E-state index contributed by atoms with van der Waals surface area (Å²) in [5, 5.41) is 8.73. The minimum Gasteiger partial charge on any atom is -0.339 e. The van der Waals surface area contributed by atoms with E-state index >= 15 is 0 Å². The number of piperidine rings is 1. The number of piperazine rings is 1. The molecule has 0 atom stereocenters. The number of nitrogens with zero attached hydrogens (tertiary/aromatic N) is 6. The van der Waals surface area contributed by atoms with Crippen molar-refractivity contribution in [3.05, 3.63) is 65.6 Å². The first-order valence-electron chi connectivity index (χ1n) is 11.7. The molecule has 5 rings (SSSR count). The molecule has 0 radical (unpaired) electrons. The molecule has 2 saturated heterocycles. The molecule has 7 heteroatoms. The Bertz CT molecular complexity index is 1060. The summed E-state index contributed by atoms with van der Waals surface area (Å²) in [6, 6.07) is 14.6. The van der Waals surface area contributed by atoms with Crippen LogP contribution in [-0.4, -0.2) is 81.0 Å². The quantitative estimate of drug-likeness (QED) is 0.620. The van der Waals surface area contributed by atoms with Gasteiger partial charge in [0.25, 0.3) is 0 Å². The molecule has 0 N–H and O–H groups in total. The van der Waals surface area contributed by atoms with Gasteiger partial charge in [-0.15, -0.1) is 10.2 Å². The van der Waals surface area contributed by atoms with Crippen molar-refractivity contribution in [2.45, 2.75) is 32.2 Å². The van der Waals surface area contributed by atoms with Crippen LogP contribution < -0.4 is 0 Å². The van der Waals surface area contributed by atoms with Crippen molar-refractivity contribution >= 4 is 11.6 Å². The summed E-state index contributed by atoms with van der Waals surface area (Å²) in [5.41, 5.74) is 3.63. The Morgan fingerprint density at radius 2 is 1.66 bits per heavy atom. The van der Waals surface area contributed by atoms with Crippen LogP contribution >= 0.6 is 0 Å². The fourth-order valence-electron chi connectivity index (χ4n) is 4.96. The number of hydrogen-bond donors (Lipinski definition) is 0. The van der Waals surface area contributed by atoms with Crippen LogP contribution in [0.25, 0.3) is 5.65 Å². The molecule has 2 aromatic heterocycles. The zero-order chi connectivity index (χ0) is 21.9. The third kappa shape index (κ3) is 4.54. The van der Waals surface area contributed by atoms with E-state index in [1.54, 1.807) is 0 Å². The van der Waals surface area contributed by atoms with Gasteiger partial charge in [-0.2, -0.15) is 0 Å². The number of fused-ring (bicyclic) bond motifs is 1. The van der Waals surface area contributed by atoms with E-state index in [4.69, 9.17) is 0 Å². The Kier molecular flexibility index (Phi) is 6.19. The van der Waals surface area contributed by atoms with Crippen LogP contribution in [0.15, 0.2) is 48.7 Å². The summed E-state index contributed by atoms with van der Waals surface area (Å²) in [5.74, 6) is 1.73. The Balaban J connectivity index is 1.08. The van der Waals surface area contributed by atoms with Gasteiger partial charge in [-0.25, -0.2) is 0 Å². The summed E-state index contributed by atoms with van der Waals surface area (Å²) in [6.45, 7) is 9.09. The average Bonchev–Trinajstić information content (AvgIpc) is 3.26. The highest BCUT2D eigenvalue weighted by Crippen LogP contribution is 2.27. The van der Waals surface area contributed by atoms with Gasteiger partial charge in [-0.1, -0.05) is 30.3 Å². The normalized spacial score (nSPS) is 19.0. The second-order valence-electron chi connectivity index (χ2n) is 9.12. The van der Waals surface area contributed by atoms with Gasteiger partial charge in [-0.05, 0) is 56.1 Å². The molecule has 3 aromatic rings. The van der Waals surface area contributed by atoms with Gasteiger partial charge in [0.15, 0.2) is 5.65 Å². The van der Waals surface area contributed by atoms with Crippen LogP contribution in [0.3, 0.4) is 0 Å². The third-order valence-electron chi connectivity index (χ3n) is 7.03. The number of rotatable bonds is 5. The van der Waals surface area contributed by atoms with Crippen molar-refractivity contribution in [2.75, 3.05) is 45.8 Å². The predicted octanol–water partition coefficient (Wildman–Crippen LogP) is 2.56. The van der Waals surface area contributed by atoms with E-state index < -0.39 is 0 Å². The first-order valence-corrected chi connectivity index (χ1v) is 11.7. The number of aryl methyl sites for hydroxylation is 1. The monoisotopic (exact) mass is 432 g/mol. The minimum atomic E-state index is 0.270. The van der Waals surface area contributed by atoms with Crippen molar-refractivity contribution in [1.29, 1.82) is 0 Å². The highest BCUT2D eigenvalue weighted by atomic mass is 16.2. The van der Waals surface area contributed by atoms with Crippen molar-refractivity contribution in [3.63, 3.8) is 0 Å². The molecule has 0 spiro atoms. The highest BCUT2D eigenvalue weighted by Gasteiger charge is 2.28. The molecule has 168 valence electrons. The zero-order valence-corrected chi connectivity index (χ0v) is 18.9. The smallest absolute Gasteiger partial charge is 0.236 e. The number of amides is 1. The van der Waals surface area contributed by atoms with E-state index in [0.717, 1.165) is 70.1 Å². The first-order chi connectivity index (χ1) is 15.7. The third-order valence-corrected chi connectivity index (χ3v) is 7.03. The number of benzene rings is 1. The van der Waals surface area contributed by atoms with Crippen LogP contribution in [0.4, 0.5) is 0 Å². The van der Waals surface area contributed by atoms with E-state index in [9.17, 15) is 4.79 Å². The van der Waals surface area contributed by atoms with E-state index in [0.29, 0.717) is 12.5 Å². The van der Waals surface area contributed by atoms with Crippen molar-refractivity contribution < 1.29 is 4.79 Å². The van der Waals surface area contributed by atoms with Gasteiger partial charge in [0.05, 0.1) is 6.54 Å². The van der Waals surface area contributed by atoms with Crippen LogP contribution in [0, 0.1) is 6.92 Å². The van der Waals surface area contributed by atoms with E-state index in [-0.39, 0.29) is 5.91 Å². The second-order valence-corrected chi connectivity index (χ2v) is 9.12. The topological polar surface area (TPSA) is 57.0 Å². The lowest BCUT2D eigenvalue weighted by Gasteiger charge is -2.37. The van der Waals surface area contributed by atoms with Crippen LogP contribution in [0.1, 0.15) is 35.7 Å². The van der Waals surface area contributed by atoms with Crippen LogP contribution in [-0.2, 0) is 11.3 Å². The van der Waals surface area contributed by atoms with Crippen LogP contribution in [0.5, 0.6) is 0 Å². The number of hydrogen-bond acceptors (Lipinski definition) is 5. The molecule has 1 amide bonds. The lowest BCUT2D eigenvalue weighted by Crippen LogP contribution is -2.51. The summed E-state index contributed by atoms with van der Waals surface area (Å²) in [7, 11) is 0. The van der Waals surface area contributed by atoms with E-state index in [1.165, 1.54) is 11.1 Å². The lowest BCUT2D eigenvalue weighted by atomic mass is 9.96. The van der Waals surface area contributed by atoms with E-state index in [2.05, 4.69) is 55.6 Å². The molecular formula is C25H32N6O. The largest absolute Gasteiger partial charge is 0.339 e. The molecule has 0 saturated carbocycles. The molecule has 4 heterocycles. The maximum atomic E-state index is 12.9. The zero-order valence-electron chi connectivity index (χ0n) is 18.9. The van der Waals surface area contributed by atoms with Gasteiger partial charge in [0.1, 0.15) is 5.82 Å². The molecule has 0 unspecified atom stereocenters. The summed E-state index contributed by atoms with van der Waals surface area (Å²) >= 11 is 0. The minimum absolute atomic E-state index is 0.270. The van der Waals surface area contributed by atoms with Crippen molar-refractivity contribution in [2.24, 2.45) is 0 Å². The van der Waals surface area contributed by atoms with Gasteiger partial charge >= 0.3 is 0 Å². The van der Waals surface area contributed by atoms with Gasteiger partial charge < -0.3 is 4.90 Å². The molecule has 1 aromatic carbocycles. The van der Waals surface area contributed by atoms with Crippen molar-refractivity contribution in [1.82, 2.24) is 29.3 Å². The molecular weight excluding hydrogens is 400 g/mol. The summed E-state index contributed by atoms with van der Waals surface area (Å²) in [4.78, 5) is 19.7. The highest BCUT2D eigenvalue weighted by molar-refractivity contribution is 5.78. The molecule has 32 heavy (non-hydrogen) atoms. The molecule has 2 aliphatic rings. The lowest BCUT2D eigenvalue weighted by molar-refractivity contribution is -0.134. The van der Waals surface area contributed by atoms with E-state index in [1.807, 2.05) is 29.3 Å². The number of aromatic nitrogens is 3. The second kappa shape index (κ2) is 9.38. The number of carbonyl (C=O) groups is 1. The maximum absolute atomic E-state index is 12.9. The Labute approximate surface area is 189 Å². The fourth-order valence-corrected chi connectivity index (χ4v) is 4.96. The Hall–Kier alpha value is -2.77. The number of likely N-dealkylation sites (tertiary alicyclic amines) is 1. The molecule has 0 aliphatic carbocycles. The average molecular weight is 433 g/mol. The first kappa shape index (κ1) is 21.1. The maximum Gasteiger partial charge on any atom is 0.236 e. The molecule has 2 aliphatic heterocycles. The number of carbonyl (C=O) groups excluding carboxylic acids is 1. The van der Waals surface area contributed by atoms with Gasteiger partial charge in [-0.3, -0.25) is 19.0 Å².